The van der Waals surface area contributed by atoms with E-state index in [1.54, 1.807) is 0 Å². The van der Waals surface area contributed by atoms with Gasteiger partial charge in [-0.1, -0.05) is 19.9 Å². The lowest BCUT2D eigenvalue weighted by atomic mass is 10.2. The Hall–Kier alpha value is -1.51. The second-order valence-electron chi connectivity index (χ2n) is 7.66. The van der Waals surface area contributed by atoms with Crippen LogP contribution in [0.5, 0.6) is 0 Å². The van der Waals surface area contributed by atoms with Gasteiger partial charge in [-0.15, -0.1) is 0 Å². The first-order valence-electron chi connectivity index (χ1n) is 9.42. The van der Waals surface area contributed by atoms with Crippen molar-refractivity contribution in [3.8, 4) is 0 Å². The van der Waals surface area contributed by atoms with Crippen LogP contribution in [-0.2, 0) is 32.5 Å². The maximum absolute atomic E-state index is 12.9. The van der Waals surface area contributed by atoms with Crippen molar-refractivity contribution in [2.45, 2.75) is 39.7 Å². The van der Waals surface area contributed by atoms with Crippen molar-refractivity contribution in [3.05, 3.63) is 23.8 Å². The monoisotopic (exact) mass is 436 g/mol. The fourth-order valence-electron chi connectivity index (χ4n) is 1.73. The molecule has 0 saturated heterocycles. The Morgan fingerprint density at radius 1 is 1.14 bits per heavy atom. The molecule has 29 heavy (non-hydrogen) atoms. The van der Waals surface area contributed by atoms with Crippen molar-refractivity contribution in [2.75, 3.05) is 47.5 Å². The van der Waals surface area contributed by atoms with E-state index in [9.17, 15) is 14.2 Å². The van der Waals surface area contributed by atoms with E-state index in [0.717, 1.165) is 6.42 Å². The molecule has 0 bridgehead atoms. The Morgan fingerprint density at radius 2 is 1.72 bits per heavy atom. The first-order valence-corrected chi connectivity index (χ1v) is 10.9. The van der Waals surface area contributed by atoms with Crippen LogP contribution < -0.4 is 0 Å². The number of carbonyl (C=O) groups is 2. The molecule has 10 heteroatoms. The molecule has 0 rings (SSSR count). The summed E-state index contributed by atoms with van der Waals surface area (Å²) < 4.78 is 34.8. The number of ether oxygens (including phenoxy) is 1. The van der Waals surface area contributed by atoms with E-state index < -0.39 is 32.5 Å². The lowest BCUT2D eigenvalue weighted by Crippen LogP contribution is -2.37. The number of hydrogen-bond donors (Lipinski definition) is 1. The zero-order valence-electron chi connectivity index (χ0n) is 18.3. The first-order chi connectivity index (χ1) is 13.3. The number of phosphoric acid groups is 1. The highest BCUT2D eigenvalue weighted by Gasteiger charge is 2.30. The van der Waals surface area contributed by atoms with Gasteiger partial charge in [0.25, 0.3) is 0 Å². The molecule has 2 atom stereocenters. The van der Waals surface area contributed by atoms with Crippen LogP contribution in [0.25, 0.3) is 0 Å². The van der Waals surface area contributed by atoms with Crippen LogP contribution in [0, 0.1) is 0 Å². The molecular formula is C19H35NO8P+. The van der Waals surface area contributed by atoms with Crippen LogP contribution in [0.15, 0.2) is 23.8 Å². The molecule has 0 amide bonds. The molecule has 0 aromatic heterocycles. The van der Waals surface area contributed by atoms with E-state index in [-0.39, 0.29) is 24.4 Å². The van der Waals surface area contributed by atoms with Gasteiger partial charge >= 0.3 is 19.8 Å². The number of rotatable bonds is 15. The van der Waals surface area contributed by atoms with Gasteiger partial charge in [-0.05, 0) is 26.3 Å². The van der Waals surface area contributed by atoms with E-state index in [1.165, 1.54) is 19.9 Å². The van der Waals surface area contributed by atoms with Gasteiger partial charge in [0.1, 0.15) is 19.3 Å². The summed E-state index contributed by atoms with van der Waals surface area (Å²) >= 11 is 0. The Kier molecular flexibility index (Phi) is 12.3. The molecule has 0 fully saturated rings. The zero-order valence-corrected chi connectivity index (χ0v) is 19.2. The topological polar surface area (TPSA) is 108 Å². The maximum Gasteiger partial charge on any atom is 0.475 e. The summed E-state index contributed by atoms with van der Waals surface area (Å²) in [4.78, 5) is 22.9. The molecule has 0 aliphatic heterocycles. The van der Waals surface area contributed by atoms with Crippen molar-refractivity contribution in [2.24, 2.45) is 0 Å². The van der Waals surface area contributed by atoms with Crippen molar-refractivity contribution in [1.82, 2.24) is 0 Å². The zero-order chi connectivity index (χ0) is 22.7. The molecule has 0 saturated carbocycles. The number of unbranched alkanes of at least 4 members (excludes halogenated alkanes) is 1. The minimum atomic E-state index is -3.92. The number of quaternary nitrogens is 1. The van der Waals surface area contributed by atoms with E-state index in [2.05, 4.69) is 6.58 Å². The van der Waals surface area contributed by atoms with Gasteiger partial charge in [0.15, 0.2) is 0 Å². The van der Waals surface area contributed by atoms with E-state index in [1.807, 2.05) is 28.1 Å². The van der Waals surface area contributed by atoms with Crippen LogP contribution in [0.3, 0.4) is 0 Å². The number of carbonyl (C=O) groups excluding carboxylic acids is 1. The fourth-order valence-corrected chi connectivity index (χ4v) is 2.94. The summed E-state index contributed by atoms with van der Waals surface area (Å²) in [6, 6.07) is 0. The van der Waals surface area contributed by atoms with Crippen molar-refractivity contribution < 1.29 is 42.1 Å². The summed E-state index contributed by atoms with van der Waals surface area (Å²) in [6.45, 7) is 8.74. The summed E-state index contributed by atoms with van der Waals surface area (Å²) in [5.41, 5.74) is 0.0822. The number of carboxylic acids is 1. The Balaban J connectivity index is 5.26. The molecule has 2 unspecified atom stereocenters. The molecule has 9 nitrogen and oxygen atoms in total. The highest BCUT2D eigenvalue weighted by Crippen LogP contribution is 2.49. The maximum atomic E-state index is 12.9. The van der Waals surface area contributed by atoms with Crippen molar-refractivity contribution in [1.29, 1.82) is 0 Å². The molecule has 168 valence electrons. The second kappa shape index (κ2) is 12.9. The van der Waals surface area contributed by atoms with E-state index >= 15 is 0 Å². The summed E-state index contributed by atoms with van der Waals surface area (Å²) in [5.74, 6) is -1.90. The quantitative estimate of drug-likeness (QED) is 0.137. The highest BCUT2D eigenvalue weighted by atomic mass is 31.2. The molecular weight excluding hydrogens is 401 g/mol. The molecule has 0 aliphatic carbocycles. The van der Waals surface area contributed by atoms with Gasteiger partial charge in [-0.2, -0.15) is 0 Å². The van der Waals surface area contributed by atoms with Gasteiger partial charge in [0.05, 0.1) is 34.4 Å². The molecule has 0 aromatic rings. The normalized spacial score (nSPS) is 15.4. The highest BCUT2D eigenvalue weighted by molar-refractivity contribution is 7.48. The standard InChI is InChI=1S/C19H34NO8P/c1-8-9-11-25-29(24,26-12-10-20(5,6)7)27-14-17(13-16(4)18(21)22)28-19(23)15(2)3/h13,17H,2,8-12,14H2,1,3-7H3/p+1. The largest absolute Gasteiger partial charge is 0.478 e. The lowest BCUT2D eigenvalue weighted by Gasteiger charge is -2.25. The molecule has 0 aliphatic rings. The minimum absolute atomic E-state index is 0.0548. The van der Waals surface area contributed by atoms with Crippen LogP contribution in [0.4, 0.5) is 0 Å². The molecule has 0 radical (unpaired) electrons. The van der Waals surface area contributed by atoms with Gasteiger partial charge in [-0.25, -0.2) is 14.2 Å². The van der Waals surface area contributed by atoms with Gasteiger partial charge in [-0.3, -0.25) is 13.6 Å². The van der Waals surface area contributed by atoms with Crippen LogP contribution in [0.2, 0.25) is 0 Å². The second-order valence-corrected chi connectivity index (χ2v) is 9.32. The van der Waals surface area contributed by atoms with Crippen LogP contribution in [-0.4, -0.2) is 75.1 Å². The number of nitrogens with zero attached hydrogens (tertiary/aromatic N) is 1. The van der Waals surface area contributed by atoms with Crippen molar-refractivity contribution >= 4 is 19.8 Å². The van der Waals surface area contributed by atoms with Gasteiger partial charge in [0.2, 0.25) is 0 Å². The Labute approximate surface area is 173 Å². The number of hydrogen-bond acceptors (Lipinski definition) is 7. The number of aliphatic carboxylic acids is 1. The first kappa shape index (κ1) is 27.5. The lowest BCUT2D eigenvalue weighted by molar-refractivity contribution is -0.870. The predicted octanol–water partition coefficient (Wildman–Crippen LogP) is 3.17. The predicted molar refractivity (Wildman–Crippen MR) is 109 cm³/mol. The van der Waals surface area contributed by atoms with Gasteiger partial charge in [0, 0.05) is 11.1 Å². The fraction of sp³-hybridized carbons (Fsp3) is 0.684. The van der Waals surface area contributed by atoms with E-state index in [4.69, 9.17) is 23.4 Å². The van der Waals surface area contributed by atoms with Crippen LogP contribution in [0.1, 0.15) is 33.6 Å². The summed E-state index contributed by atoms with van der Waals surface area (Å²) in [7, 11) is 1.95. The third kappa shape index (κ3) is 13.4. The molecule has 0 aromatic carbocycles. The smallest absolute Gasteiger partial charge is 0.475 e. The van der Waals surface area contributed by atoms with E-state index in [0.29, 0.717) is 17.4 Å². The van der Waals surface area contributed by atoms with Crippen LogP contribution >= 0.6 is 7.82 Å². The Bertz CT molecular complexity index is 639. The average molecular weight is 436 g/mol. The van der Waals surface area contributed by atoms with Crippen molar-refractivity contribution in [3.63, 3.8) is 0 Å². The summed E-state index contributed by atoms with van der Waals surface area (Å²) in [5, 5.41) is 9.06. The number of phosphoric ester groups is 1. The molecule has 0 heterocycles. The number of likely N-dealkylation sites (N-methyl/N-ethyl adjacent to an activating group) is 1. The average Bonchev–Trinajstić information content (AvgIpc) is 2.58. The SMILES string of the molecule is C=C(C)C(=O)OC(C=C(C)C(=O)O)COP(=O)(OCCCC)OCC[N+](C)(C)C. The molecule has 1 N–H and O–H groups in total. The number of carboxylic acid groups (broad SMARTS) is 1. The molecule has 0 spiro atoms. The van der Waals surface area contributed by atoms with Gasteiger partial charge < -0.3 is 14.3 Å². The third-order valence-corrected chi connectivity index (χ3v) is 5.00. The Morgan fingerprint density at radius 3 is 2.21 bits per heavy atom. The minimum Gasteiger partial charge on any atom is -0.478 e. The summed E-state index contributed by atoms with van der Waals surface area (Å²) in [6.07, 6.45) is 1.60. The third-order valence-electron chi connectivity index (χ3n) is 3.54. The number of esters is 1.